The summed E-state index contributed by atoms with van der Waals surface area (Å²) in [4.78, 5) is 0. The van der Waals surface area contributed by atoms with Gasteiger partial charge in [0.25, 0.3) is 0 Å². The van der Waals surface area contributed by atoms with Crippen LogP contribution < -0.4 is 0 Å². The normalized spacial score (nSPS) is 36.0. The lowest BCUT2D eigenvalue weighted by Crippen LogP contribution is -1.95. The Kier molecular flexibility index (Phi) is 1.57. The highest BCUT2D eigenvalue weighted by molar-refractivity contribution is 4.80. The van der Waals surface area contributed by atoms with Gasteiger partial charge in [-0.3, -0.25) is 0 Å². The summed E-state index contributed by atoms with van der Waals surface area (Å²) in [7, 11) is 0. The van der Waals surface area contributed by atoms with Gasteiger partial charge in [-0.05, 0) is 19.3 Å². The molecule has 0 aromatic heterocycles. The summed E-state index contributed by atoms with van der Waals surface area (Å²) < 4.78 is 5.23. The van der Waals surface area contributed by atoms with E-state index in [4.69, 9.17) is 4.74 Å². The highest BCUT2D eigenvalue weighted by Crippen LogP contribution is 2.27. The standard InChI is InChI=1S/C7H14O/c1-5(2)4-7-6(3)8-7/h5-7H,4H2,1-3H3. The van der Waals surface area contributed by atoms with Crippen LogP contribution in [0.25, 0.3) is 0 Å². The van der Waals surface area contributed by atoms with Crippen LogP contribution in [-0.4, -0.2) is 12.2 Å². The minimum Gasteiger partial charge on any atom is -0.370 e. The Hall–Kier alpha value is -0.0400. The average molecular weight is 114 g/mol. The first-order valence-corrected chi connectivity index (χ1v) is 3.35. The van der Waals surface area contributed by atoms with E-state index in [0.717, 1.165) is 5.92 Å². The quantitative estimate of drug-likeness (QED) is 0.499. The second kappa shape index (κ2) is 2.06. The predicted octanol–water partition coefficient (Wildman–Crippen LogP) is 1.82. The summed E-state index contributed by atoms with van der Waals surface area (Å²) in [6, 6.07) is 0. The van der Waals surface area contributed by atoms with Crippen molar-refractivity contribution in [2.75, 3.05) is 0 Å². The molecule has 1 heterocycles. The monoisotopic (exact) mass is 114 g/mol. The molecule has 1 aliphatic heterocycles. The number of hydrogen-bond acceptors (Lipinski definition) is 1. The third-order valence-electron chi connectivity index (χ3n) is 1.54. The summed E-state index contributed by atoms with van der Waals surface area (Å²) in [6.07, 6.45) is 2.38. The first kappa shape index (κ1) is 6.09. The van der Waals surface area contributed by atoms with Crippen LogP contribution in [0.1, 0.15) is 27.2 Å². The molecule has 0 aromatic carbocycles. The fraction of sp³-hybridized carbons (Fsp3) is 1.00. The van der Waals surface area contributed by atoms with Crippen LogP contribution in [0.4, 0.5) is 0 Å². The molecule has 0 saturated carbocycles. The summed E-state index contributed by atoms with van der Waals surface area (Å²) in [5.41, 5.74) is 0. The molecule has 1 aliphatic rings. The van der Waals surface area contributed by atoms with Crippen molar-refractivity contribution < 1.29 is 4.74 Å². The molecule has 48 valence electrons. The van der Waals surface area contributed by atoms with E-state index in [9.17, 15) is 0 Å². The second-order valence-corrected chi connectivity index (χ2v) is 3.01. The van der Waals surface area contributed by atoms with E-state index in [-0.39, 0.29) is 0 Å². The molecule has 0 spiro atoms. The van der Waals surface area contributed by atoms with Gasteiger partial charge in [-0.1, -0.05) is 13.8 Å². The summed E-state index contributed by atoms with van der Waals surface area (Å²) >= 11 is 0. The highest BCUT2D eigenvalue weighted by atomic mass is 16.6. The topological polar surface area (TPSA) is 12.5 Å². The van der Waals surface area contributed by atoms with Crippen LogP contribution in [0, 0.1) is 5.92 Å². The van der Waals surface area contributed by atoms with Crippen LogP contribution in [-0.2, 0) is 4.74 Å². The van der Waals surface area contributed by atoms with Crippen LogP contribution in [0.2, 0.25) is 0 Å². The Balaban J connectivity index is 2.05. The Morgan fingerprint density at radius 1 is 1.50 bits per heavy atom. The lowest BCUT2D eigenvalue weighted by Gasteiger charge is -1.96. The zero-order valence-electron chi connectivity index (χ0n) is 5.85. The Morgan fingerprint density at radius 2 is 2.00 bits per heavy atom. The zero-order chi connectivity index (χ0) is 6.15. The van der Waals surface area contributed by atoms with Crippen molar-refractivity contribution in [2.24, 2.45) is 5.92 Å². The van der Waals surface area contributed by atoms with Gasteiger partial charge < -0.3 is 4.74 Å². The third-order valence-corrected chi connectivity index (χ3v) is 1.54. The van der Waals surface area contributed by atoms with E-state index < -0.39 is 0 Å². The maximum absolute atomic E-state index is 5.23. The molecule has 0 aliphatic carbocycles. The van der Waals surface area contributed by atoms with Crippen molar-refractivity contribution >= 4 is 0 Å². The Morgan fingerprint density at radius 3 is 2.12 bits per heavy atom. The van der Waals surface area contributed by atoms with Crippen LogP contribution in [0.5, 0.6) is 0 Å². The predicted molar refractivity (Wildman–Crippen MR) is 33.8 cm³/mol. The molecule has 2 unspecified atom stereocenters. The number of ether oxygens (including phenoxy) is 1. The van der Waals surface area contributed by atoms with E-state index in [1.807, 2.05) is 0 Å². The minimum atomic E-state index is 0.553. The highest BCUT2D eigenvalue weighted by Gasteiger charge is 2.33. The van der Waals surface area contributed by atoms with E-state index in [0.29, 0.717) is 12.2 Å². The van der Waals surface area contributed by atoms with Gasteiger partial charge in [-0.2, -0.15) is 0 Å². The summed E-state index contributed by atoms with van der Waals surface area (Å²) in [6.45, 7) is 6.59. The lowest BCUT2D eigenvalue weighted by atomic mass is 10.1. The molecule has 0 N–H and O–H groups in total. The SMILES string of the molecule is CC(C)CC1OC1C. The van der Waals surface area contributed by atoms with E-state index in [1.54, 1.807) is 0 Å². The third kappa shape index (κ3) is 1.48. The first-order chi connectivity index (χ1) is 3.70. The minimum absolute atomic E-state index is 0.553. The Labute approximate surface area is 51.0 Å². The van der Waals surface area contributed by atoms with Crippen LogP contribution in [0.3, 0.4) is 0 Å². The van der Waals surface area contributed by atoms with Crippen molar-refractivity contribution in [1.29, 1.82) is 0 Å². The van der Waals surface area contributed by atoms with E-state index in [1.165, 1.54) is 6.42 Å². The van der Waals surface area contributed by atoms with Gasteiger partial charge in [0, 0.05) is 0 Å². The van der Waals surface area contributed by atoms with Gasteiger partial charge in [0.2, 0.25) is 0 Å². The molecule has 0 aromatic rings. The molecule has 2 atom stereocenters. The van der Waals surface area contributed by atoms with Gasteiger partial charge >= 0.3 is 0 Å². The van der Waals surface area contributed by atoms with Crippen molar-refractivity contribution in [3.63, 3.8) is 0 Å². The van der Waals surface area contributed by atoms with Gasteiger partial charge in [-0.15, -0.1) is 0 Å². The van der Waals surface area contributed by atoms with Crippen molar-refractivity contribution in [1.82, 2.24) is 0 Å². The van der Waals surface area contributed by atoms with Crippen LogP contribution >= 0.6 is 0 Å². The van der Waals surface area contributed by atoms with Gasteiger partial charge in [-0.25, -0.2) is 0 Å². The van der Waals surface area contributed by atoms with E-state index >= 15 is 0 Å². The second-order valence-electron chi connectivity index (χ2n) is 3.01. The molecule has 8 heavy (non-hydrogen) atoms. The smallest absolute Gasteiger partial charge is 0.0841 e. The molecule has 1 nitrogen and oxygen atoms in total. The average Bonchev–Trinajstić information content (AvgIpc) is 2.17. The molecular weight excluding hydrogens is 100 g/mol. The maximum Gasteiger partial charge on any atom is 0.0841 e. The molecule has 0 radical (unpaired) electrons. The molecule has 0 amide bonds. The molecule has 0 bridgehead atoms. The molecular formula is C7H14O. The van der Waals surface area contributed by atoms with Crippen molar-refractivity contribution in [3.05, 3.63) is 0 Å². The fourth-order valence-corrected chi connectivity index (χ4v) is 0.942. The summed E-state index contributed by atoms with van der Waals surface area (Å²) in [5, 5.41) is 0. The maximum atomic E-state index is 5.23. The molecule has 1 heteroatoms. The first-order valence-electron chi connectivity index (χ1n) is 3.35. The van der Waals surface area contributed by atoms with E-state index in [2.05, 4.69) is 20.8 Å². The lowest BCUT2D eigenvalue weighted by molar-refractivity contribution is 0.352. The van der Waals surface area contributed by atoms with Crippen molar-refractivity contribution in [3.8, 4) is 0 Å². The number of epoxide rings is 1. The molecule has 1 fully saturated rings. The van der Waals surface area contributed by atoms with Crippen molar-refractivity contribution in [2.45, 2.75) is 39.4 Å². The number of hydrogen-bond donors (Lipinski definition) is 0. The Bertz CT molecular complexity index is 78.5. The molecule has 1 rings (SSSR count). The largest absolute Gasteiger partial charge is 0.370 e. The molecule has 1 saturated heterocycles. The fourth-order valence-electron chi connectivity index (χ4n) is 0.942. The van der Waals surface area contributed by atoms with Gasteiger partial charge in [0.1, 0.15) is 0 Å². The number of rotatable bonds is 2. The summed E-state index contributed by atoms with van der Waals surface area (Å²) in [5.74, 6) is 0.796. The van der Waals surface area contributed by atoms with Gasteiger partial charge in [0.15, 0.2) is 0 Å². The zero-order valence-corrected chi connectivity index (χ0v) is 5.85. The van der Waals surface area contributed by atoms with Gasteiger partial charge in [0.05, 0.1) is 12.2 Å². The van der Waals surface area contributed by atoms with Crippen LogP contribution in [0.15, 0.2) is 0 Å².